The number of hydrogen-bond acceptors (Lipinski definition) is 5. The number of nitrogens with zero attached hydrogens (tertiary/aromatic N) is 2. The summed E-state index contributed by atoms with van der Waals surface area (Å²) in [6.07, 6.45) is 1.10. The molecule has 7 heteroatoms. The zero-order chi connectivity index (χ0) is 14.0. The van der Waals surface area contributed by atoms with Crippen molar-refractivity contribution >= 4 is 11.9 Å². The van der Waals surface area contributed by atoms with E-state index in [9.17, 15) is 14.7 Å². The number of carbonyl (C=O) groups is 2. The summed E-state index contributed by atoms with van der Waals surface area (Å²) >= 11 is 0. The van der Waals surface area contributed by atoms with E-state index < -0.39 is 18.1 Å². The minimum Gasteiger partial charge on any atom is -0.480 e. The highest BCUT2D eigenvalue weighted by atomic mass is 16.4. The van der Waals surface area contributed by atoms with Gasteiger partial charge in [-0.05, 0) is 12.8 Å². The first-order valence-corrected chi connectivity index (χ1v) is 6.65. The molecule has 0 aromatic carbocycles. The highest BCUT2D eigenvalue weighted by Gasteiger charge is 2.39. The molecular formula is C12H21N3O4. The quantitative estimate of drug-likeness (QED) is 0.574. The summed E-state index contributed by atoms with van der Waals surface area (Å²) in [6, 6.07) is -0.693. The summed E-state index contributed by atoms with van der Waals surface area (Å²) in [6.45, 7) is 1.86. The molecular weight excluding hydrogens is 250 g/mol. The van der Waals surface area contributed by atoms with Crippen LogP contribution in [0.5, 0.6) is 0 Å². The molecule has 0 aliphatic carbocycles. The molecule has 2 saturated heterocycles. The second-order valence-electron chi connectivity index (χ2n) is 5.40. The van der Waals surface area contributed by atoms with Gasteiger partial charge < -0.3 is 20.8 Å². The summed E-state index contributed by atoms with van der Waals surface area (Å²) in [5.41, 5.74) is 5.80. The molecule has 4 N–H and O–H groups in total. The van der Waals surface area contributed by atoms with E-state index in [4.69, 9.17) is 10.8 Å². The lowest BCUT2D eigenvalue weighted by Crippen LogP contribution is -2.48. The van der Waals surface area contributed by atoms with E-state index in [0.717, 1.165) is 25.9 Å². The lowest BCUT2D eigenvalue weighted by atomic mass is 10.1. The fourth-order valence-corrected chi connectivity index (χ4v) is 2.72. The summed E-state index contributed by atoms with van der Waals surface area (Å²) < 4.78 is 0. The van der Waals surface area contributed by atoms with Crippen molar-refractivity contribution in [2.24, 2.45) is 5.73 Å². The van der Waals surface area contributed by atoms with Crippen LogP contribution in [0.2, 0.25) is 0 Å². The van der Waals surface area contributed by atoms with Crippen LogP contribution < -0.4 is 5.73 Å². The van der Waals surface area contributed by atoms with Crippen LogP contribution in [0, 0.1) is 0 Å². The van der Waals surface area contributed by atoms with Crippen molar-refractivity contribution in [3.8, 4) is 0 Å². The number of hydrogen-bond donors (Lipinski definition) is 3. The van der Waals surface area contributed by atoms with E-state index in [-0.39, 0.29) is 31.5 Å². The summed E-state index contributed by atoms with van der Waals surface area (Å²) in [5, 5.41) is 18.6. The molecule has 2 atom stereocenters. The van der Waals surface area contributed by atoms with Crippen molar-refractivity contribution in [2.45, 2.75) is 37.5 Å². The van der Waals surface area contributed by atoms with Gasteiger partial charge in [-0.15, -0.1) is 0 Å². The first kappa shape index (κ1) is 14.2. The SMILES string of the molecule is NC1CCN(CC(=O)N2C[C@H](O)C[C@H]2C(=O)O)CC1. The number of nitrogens with two attached hydrogens (primary N) is 1. The van der Waals surface area contributed by atoms with Crippen molar-refractivity contribution in [3.63, 3.8) is 0 Å². The van der Waals surface area contributed by atoms with Crippen LogP contribution in [-0.4, -0.2) is 76.3 Å². The highest BCUT2D eigenvalue weighted by molar-refractivity contribution is 5.85. The largest absolute Gasteiger partial charge is 0.480 e. The topological polar surface area (TPSA) is 107 Å². The Morgan fingerprint density at radius 2 is 1.89 bits per heavy atom. The van der Waals surface area contributed by atoms with E-state index in [1.165, 1.54) is 4.90 Å². The lowest BCUT2D eigenvalue weighted by Gasteiger charge is -2.31. The molecule has 1 amide bonds. The van der Waals surface area contributed by atoms with Gasteiger partial charge in [-0.1, -0.05) is 0 Å². The van der Waals surface area contributed by atoms with Crippen LogP contribution in [0.4, 0.5) is 0 Å². The summed E-state index contributed by atoms with van der Waals surface area (Å²) in [4.78, 5) is 26.5. The Morgan fingerprint density at radius 1 is 1.26 bits per heavy atom. The number of amides is 1. The second-order valence-corrected chi connectivity index (χ2v) is 5.40. The predicted molar refractivity (Wildman–Crippen MR) is 67.4 cm³/mol. The fraction of sp³-hybridized carbons (Fsp3) is 0.833. The van der Waals surface area contributed by atoms with Crippen LogP contribution in [-0.2, 0) is 9.59 Å². The van der Waals surface area contributed by atoms with Crippen molar-refractivity contribution in [1.29, 1.82) is 0 Å². The van der Waals surface area contributed by atoms with Crippen LogP contribution >= 0.6 is 0 Å². The Labute approximate surface area is 112 Å². The molecule has 0 unspecified atom stereocenters. The smallest absolute Gasteiger partial charge is 0.326 e. The number of carboxylic acids is 1. The average molecular weight is 271 g/mol. The summed E-state index contributed by atoms with van der Waals surface area (Å²) in [5.74, 6) is -1.27. The number of aliphatic carboxylic acids is 1. The van der Waals surface area contributed by atoms with Crippen molar-refractivity contribution in [1.82, 2.24) is 9.80 Å². The number of likely N-dealkylation sites (tertiary alicyclic amines) is 2. The number of carboxylic acid groups (broad SMARTS) is 1. The molecule has 2 aliphatic heterocycles. The minimum absolute atomic E-state index is 0.114. The molecule has 0 saturated carbocycles. The average Bonchev–Trinajstić information content (AvgIpc) is 2.74. The molecule has 2 heterocycles. The van der Waals surface area contributed by atoms with Gasteiger partial charge in [0.1, 0.15) is 6.04 Å². The minimum atomic E-state index is -1.05. The van der Waals surface area contributed by atoms with Gasteiger partial charge in [0.15, 0.2) is 0 Å². The highest BCUT2D eigenvalue weighted by Crippen LogP contribution is 2.19. The first-order valence-electron chi connectivity index (χ1n) is 6.65. The second kappa shape index (κ2) is 5.85. The molecule has 2 aliphatic rings. The van der Waals surface area contributed by atoms with Crippen LogP contribution in [0.3, 0.4) is 0 Å². The van der Waals surface area contributed by atoms with Gasteiger partial charge in [0, 0.05) is 32.1 Å². The predicted octanol–water partition coefficient (Wildman–Crippen LogP) is -1.54. The Bertz CT molecular complexity index is 355. The van der Waals surface area contributed by atoms with E-state index in [1.54, 1.807) is 0 Å². The van der Waals surface area contributed by atoms with Gasteiger partial charge in [0.05, 0.1) is 12.6 Å². The van der Waals surface area contributed by atoms with E-state index >= 15 is 0 Å². The molecule has 0 bridgehead atoms. The maximum absolute atomic E-state index is 12.1. The van der Waals surface area contributed by atoms with Gasteiger partial charge in [0.2, 0.25) is 5.91 Å². The number of aliphatic hydroxyl groups excluding tert-OH is 1. The molecule has 19 heavy (non-hydrogen) atoms. The number of aliphatic hydroxyl groups is 1. The van der Waals surface area contributed by atoms with Gasteiger partial charge in [0.25, 0.3) is 0 Å². The molecule has 2 fully saturated rings. The van der Waals surface area contributed by atoms with Crippen molar-refractivity contribution in [2.75, 3.05) is 26.2 Å². The van der Waals surface area contributed by atoms with Crippen LogP contribution in [0.1, 0.15) is 19.3 Å². The summed E-state index contributed by atoms with van der Waals surface area (Å²) in [7, 11) is 0. The molecule has 108 valence electrons. The molecule has 2 rings (SSSR count). The normalized spacial score (nSPS) is 29.7. The molecule has 0 radical (unpaired) electrons. The molecule has 0 spiro atoms. The zero-order valence-electron chi connectivity index (χ0n) is 10.9. The van der Waals surface area contributed by atoms with Crippen LogP contribution in [0.15, 0.2) is 0 Å². The van der Waals surface area contributed by atoms with E-state index in [2.05, 4.69) is 0 Å². The van der Waals surface area contributed by atoms with E-state index in [1.807, 2.05) is 4.90 Å². The monoisotopic (exact) mass is 271 g/mol. The maximum atomic E-state index is 12.1. The third-order valence-corrected chi connectivity index (χ3v) is 3.88. The first-order chi connectivity index (χ1) is 8.97. The van der Waals surface area contributed by atoms with Gasteiger partial charge in [-0.3, -0.25) is 9.69 Å². The molecule has 0 aromatic heterocycles. The maximum Gasteiger partial charge on any atom is 0.326 e. The molecule has 0 aromatic rings. The lowest BCUT2D eigenvalue weighted by molar-refractivity contribution is -0.148. The Hall–Kier alpha value is -1.18. The zero-order valence-corrected chi connectivity index (χ0v) is 10.9. The Morgan fingerprint density at radius 3 is 2.47 bits per heavy atom. The third kappa shape index (κ3) is 3.43. The third-order valence-electron chi connectivity index (χ3n) is 3.88. The Kier molecular flexibility index (Phi) is 4.38. The van der Waals surface area contributed by atoms with Crippen LogP contribution in [0.25, 0.3) is 0 Å². The number of β-amino-alcohol motifs (C(OH)–C–C–N with tert-alkyl or cyclic N) is 1. The van der Waals surface area contributed by atoms with Gasteiger partial charge in [-0.2, -0.15) is 0 Å². The Balaban J connectivity index is 1.90. The van der Waals surface area contributed by atoms with Gasteiger partial charge >= 0.3 is 5.97 Å². The van der Waals surface area contributed by atoms with Gasteiger partial charge in [-0.25, -0.2) is 4.79 Å². The van der Waals surface area contributed by atoms with E-state index in [0.29, 0.717) is 0 Å². The van der Waals surface area contributed by atoms with Crippen molar-refractivity contribution < 1.29 is 19.8 Å². The fourth-order valence-electron chi connectivity index (χ4n) is 2.72. The molecule has 7 nitrogen and oxygen atoms in total. The number of carbonyl (C=O) groups excluding carboxylic acids is 1. The number of piperidine rings is 1. The van der Waals surface area contributed by atoms with Crippen molar-refractivity contribution in [3.05, 3.63) is 0 Å². The number of rotatable bonds is 3. The standard InChI is InChI=1S/C12H21N3O4/c13-8-1-3-14(4-2-8)7-11(17)15-6-9(16)5-10(15)12(18)19/h8-10,16H,1-7,13H2,(H,18,19)/t9-,10+/m1/s1.